The molecule has 1 aliphatic heterocycles. The molecule has 1 atom stereocenters. The number of aliphatic imine (C=N–C) groups is 1. The summed E-state index contributed by atoms with van der Waals surface area (Å²) >= 11 is 0. The molecule has 8 nitrogen and oxygen atoms in total. The Hall–Kier alpha value is -0.910. The Bertz CT molecular complexity index is 588. The lowest BCUT2D eigenvalue weighted by Gasteiger charge is -2.13. The van der Waals surface area contributed by atoms with Crippen LogP contribution >= 0.6 is 24.0 Å². The van der Waals surface area contributed by atoms with Gasteiger partial charge in [-0.05, 0) is 33.6 Å². The lowest BCUT2D eigenvalue weighted by Crippen LogP contribution is -2.38. The third-order valence-corrected chi connectivity index (χ3v) is 4.63. The molecule has 2 rings (SSSR count). The third kappa shape index (κ3) is 8.22. The average Bonchev–Trinajstić information content (AvgIpc) is 3.26. The number of nitrogens with zero attached hydrogens (tertiary/aromatic N) is 3. The zero-order valence-corrected chi connectivity index (χ0v) is 20.0. The normalized spacial score (nSPS) is 16.9. The molecule has 2 heterocycles. The van der Waals surface area contributed by atoms with E-state index in [1.54, 1.807) is 7.11 Å². The Morgan fingerprint density at radius 2 is 2.14 bits per heavy atom. The Morgan fingerprint density at radius 3 is 2.82 bits per heavy atom. The highest BCUT2D eigenvalue weighted by molar-refractivity contribution is 14.0. The van der Waals surface area contributed by atoms with E-state index in [0.717, 1.165) is 69.6 Å². The molecule has 1 aromatic heterocycles. The molecule has 1 fully saturated rings. The second kappa shape index (κ2) is 14.1. The number of ether oxygens (including phenoxy) is 3. The summed E-state index contributed by atoms with van der Waals surface area (Å²) in [5.41, 5.74) is 3.35. The van der Waals surface area contributed by atoms with E-state index in [9.17, 15) is 0 Å². The number of guanidine groups is 1. The molecule has 2 N–H and O–H groups in total. The molecule has 9 heteroatoms. The predicted molar refractivity (Wildman–Crippen MR) is 122 cm³/mol. The molecule has 162 valence electrons. The van der Waals surface area contributed by atoms with Crippen LogP contribution in [0.15, 0.2) is 4.99 Å². The van der Waals surface area contributed by atoms with Crippen molar-refractivity contribution in [2.75, 3.05) is 46.6 Å². The second-order valence-electron chi connectivity index (χ2n) is 6.70. The van der Waals surface area contributed by atoms with Crippen LogP contribution in [0.5, 0.6) is 0 Å². The quantitative estimate of drug-likeness (QED) is 0.206. The monoisotopic (exact) mass is 509 g/mol. The number of hydrogen-bond donors (Lipinski definition) is 2. The SMILES string of the molecule is CCNC(=NCc1c(C)nn(CCOC)c1C)NCCCOC1CCOC1.I. The molecule has 1 aromatic rings. The van der Waals surface area contributed by atoms with E-state index in [0.29, 0.717) is 13.2 Å². The van der Waals surface area contributed by atoms with Gasteiger partial charge in [0.25, 0.3) is 0 Å². The van der Waals surface area contributed by atoms with Crippen molar-refractivity contribution in [3.8, 4) is 0 Å². The summed E-state index contributed by atoms with van der Waals surface area (Å²) in [7, 11) is 1.71. The molecule has 0 amide bonds. The zero-order valence-electron chi connectivity index (χ0n) is 17.6. The van der Waals surface area contributed by atoms with Gasteiger partial charge in [0.2, 0.25) is 0 Å². The molecule has 1 unspecified atom stereocenters. The Labute approximate surface area is 185 Å². The largest absolute Gasteiger partial charge is 0.383 e. The summed E-state index contributed by atoms with van der Waals surface area (Å²) in [6, 6.07) is 0. The van der Waals surface area contributed by atoms with Gasteiger partial charge in [0, 0.05) is 44.7 Å². The number of hydrogen-bond acceptors (Lipinski definition) is 5. The minimum absolute atomic E-state index is 0. The Kier molecular flexibility index (Phi) is 12.7. The molecular formula is C19H36IN5O3. The van der Waals surface area contributed by atoms with Crippen LogP contribution in [0.3, 0.4) is 0 Å². The van der Waals surface area contributed by atoms with Crippen molar-refractivity contribution >= 4 is 29.9 Å². The van der Waals surface area contributed by atoms with Gasteiger partial charge < -0.3 is 24.8 Å². The second-order valence-corrected chi connectivity index (χ2v) is 6.70. The number of aryl methyl sites for hydroxylation is 1. The fourth-order valence-electron chi connectivity index (χ4n) is 3.03. The van der Waals surface area contributed by atoms with Gasteiger partial charge in [-0.15, -0.1) is 24.0 Å². The summed E-state index contributed by atoms with van der Waals surface area (Å²) < 4.78 is 18.3. The van der Waals surface area contributed by atoms with Crippen molar-refractivity contribution in [3.63, 3.8) is 0 Å². The van der Waals surface area contributed by atoms with Gasteiger partial charge in [0.1, 0.15) is 0 Å². The maximum Gasteiger partial charge on any atom is 0.191 e. The number of methoxy groups -OCH3 is 1. The van der Waals surface area contributed by atoms with Crippen molar-refractivity contribution in [2.45, 2.75) is 52.8 Å². The van der Waals surface area contributed by atoms with Crippen molar-refractivity contribution in [1.82, 2.24) is 20.4 Å². The van der Waals surface area contributed by atoms with Crippen LogP contribution in [0.4, 0.5) is 0 Å². The van der Waals surface area contributed by atoms with Gasteiger partial charge in [-0.25, -0.2) is 4.99 Å². The number of halogens is 1. The van der Waals surface area contributed by atoms with E-state index in [-0.39, 0.29) is 30.1 Å². The maximum atomic E-state index is 5.79. The molecule has 0 bridgehead atoms. The molecular weight excluding hydrogens is 473 g/mol. The zero-order chi connectivity index (χ0) is 19.5. The van der Waals surface area contributed by atoms with Crippen LogP contribution in [-0.2, 0) is 27.3 Å². The molecule has 1 aliphatic rings. The topological polar surface area (TPSA) is 81.9 Å². The standard InChI is InChI=1S/C19H35N5O3.HI/c1-5-20-19(21-8-6-10-27-17-7-11-26-14-17)22-13-18-15(2)23-24(16(18)3)9-12-25-4;/h17H,5-14H2,1-4H3,(H2,20,21,22);1H. The fourth-order valence-corrected chi connectivity index (χ4v) is 3.03. The van der Waals surface area contributed by atoms with Crippen molar-refractivity contribution < 1.29 is 14.2 Å². The maximum absolute atomic E-state index is 5.79. The van der Waals surface area contributed by atoms with Gasteiger partial charge in [-0.1, -0.05) is 0 Å². The molecule has 0 spiro atoms. The first-order valence-electron chi connectivity index (χ1n) is 9.89. The van der Waals surface area contributed by atoms with Crippen molar-refractivity contribution in [2.24, 2.45) is 4.99 Å². The van der Waals surface area contributed by atoms with Gasteiger partial charge >= 0.3 is 0 Å². The Morgan fingerprint density at radius 1 is 1.32 bits per heavy atom. The van der Waals surface area contributed by atoms with Crippen LogP contribution < -0.4 is 10.6 Å². The van der Waals surface area contributed by atoms with E-state index >= 15 is 0 Å². The van der Waals surface area contributed by atoms with Crippen LogP contribution in [0.1, 0.15) is 36.7 Å². The Balaban J connectivity index is 0.00000392. The highest BCUT2D eigenvalue weighted by Gasteiger charge is 2.15. The first-order valence-corrected chi connectivity index (χ1v) is 9.89. The lowest BCUT2D eigenvalue weighted by atomic mass is 10.2. The number of nitrogens with one attached hydrogen (secondary N) is 2. The van der Waals surface area contributed by atoms with E-state index in [4.69, 9.17) is 19.2 Å². The van der Waals surface area contributed by atoms with Crippen LogP contribution in [-0.4, -0.2) is 68.5 Å². The first-order chi connectivity index (χ1) is 13.2. The van der Waals surface area contributed by atoms with Crippen molar-refractivity contribution in [1.29, 1.82) is 0 Å². The van der Waals surface area contributed by atoms with Gasteiger partial charge in [-0.2, -0.15) is 5.10 Å². The predicted octanol–water partition coefficient (Wildman–Crippen LogP) is 2.02. The molecule has 1 saturated heterocycles. The van der Waals surface area contributed by atoms with E-state index in [1.165, 1.54) is 5.56 Å². The highest BCUT2D eigenvalue weighted by Crippen LogP contribution is 2.14. The number of rotatable bonds is 11. The van der Waals surface area contributed by atoms with Gasteiger partial charge in [0.15, 0.2) is 5.96 Å². The van der Waals surface area contributed by atoms with Gasteiger partial charge in [-0.3, -0.25) is 4.68 Å². The first kappa shape index (κ1) is 25.1. The lowest BCUT2D eigenvalue weighted by molar-refractivity contribution is 0.0420. The van der Waals surface area contributed by atoms with E-state index in [2.05, 4.69) is 29.6 Å². The van der Waals surface area contributed by atoms with Gasteiger partial charge in [0.05, 0.1) is 38.1 Å². The summed E-state index contributed by atoms with van der Waals surface area (Å²) in [5.74, 6) is 0.824. The summed E-state index contributed by atoms with van der Waals surface area (Å²) in [6.45, 7) is 12.2. The third-order valence-electron chi connectivity index (χ3n) is 4.63. The molecule has 28 heavy (non-hydrogen) atoms. The molecule has 0 aromatic carbocycles. The van der Waals surface area contributed by atoms with Crippen molar-refractivity contribution in [3.05, 3.63) is 17.0 Å². The minimum Gasteiger partial charge on any atom is -0.383 e. The molecule has 0 radical (unpaired) electrons. The van der Waals surface area contributed by atoms with E-state index in [1.807, 2.05) is 11.6 Å². The fraction of sp³-hybridized carbons (Fsp3) is 0.789. The molecule has 0 aliphatic carbocycles. The van der Waals surface area contributed by atoms with Crippen LogP contribution in [0.2, 0.25) is 0 Å². The summed E-state index contributed by atoms with van der Waals surface area (Å²) in [4.78, 5) is 4.72. The number of aromatic nitrogens is 2. The average molecular weight is 509 g/mol. The summed E-state index contributed by atoms with van der Waals surface area (Å²) in [6.07, 6.45) is 2.22. The van der Waals surface area contributed by atoms with E-state index < -0.39 is 0 Å². The minimum atomic E-state index is 0. The van der Waals surface area contributed by atoms with Crippen LogP contribution in [0.25, 0.3) is 0 Å². The molecule has 0 saturated carbocycles. The smallest absolute Gasteiger partial charge is 0.191 e. The highest BCUT2D eigenvalue weighted by atomic mass is 127. The van der Waals surface area contributed by atoms with Crippen LogP contribution in [0, 0.1) is 13.8 Å². The summed E-state index contributed by atoms with van der Waals surface area (Å²) in [5, 5.41) is 11.3.